The summed E-state index contributed by atoms with van der Waals surface area (Å²) in [5.41, 5.74) is -0.0602. The number of benzene rings is 1. The van der Waals surface area contributed by atoms with E-state index in [2.05, 4.69) is 21.0 Å². The third kappa shape index (κ3) is 3.16. The van der Waals surface area contributed by atoms with E-state index >= 15 is 0 Å². The number of nitrogens with zero attached hydrogens (tertiary/aromatic N) is 2. The van der Waals surface area contributed by atoms with E-state index in [9.17, 15) is 9.59 Å². The van der Waals surface area contributed by atoms with Crippen LogP contribution in [-0.2, 0) is 0 Å². The third-order valence-corrected chi connectivity index (χ3v) is 3.80. The molecule has 0 saturated carbocycles. The molecule has 0 bridgehead atoms. The molecule has 0 aliphatic carbocycles. The maximum atomic E-state index is 12.1. The van der Waals surface area contributed by atoms with E-state index in [0.717, 1.165) is 0 Å². The summed E-state index contributed by atoms with van der Waals surface area (Å²) in [6.07, 6.45) is 1.55. The average Bonchev–Trinajstić information content (AvgIpc) is 2.38. The normalized spacial score (nSPS) is 10.9. The van der Waals surface area contributed by atoms with Gasteiger partial charge in [-0.3, -0.25) is 4.79 Å². The van der Waals surface area contributed by atoms with Crippen molar-refractivity contribution in [2.45, 2.75) is 19.8 Å². The standard InChI is InChI=1S/C14H12BrClN2O3/c1-7(2)9-6-18(17-12(13(9)19)14(20)21)11-4-3-8(16)5-10(11)15/h3-7H,1-2H3,(H,20,21). The van der Waals surface area contributed by atoms with Crippen LogP contribution in [0.3, 0.4) is 0 Å². The molecule has 0 aliphatic rings. The Labute approximate surface area is 134 Å². The van der Waals surface area contributed by atoms with E-state index in [1.54, 1.807) is 24.4 Å². The second-order valence-electron chi connectivity index (χ2n) is 4.76. The van der Waals surface area contributed by atoms with Gasteiger partial charge in [-0.2, -0.15) is 5.10 Å². The van der Waals surface area contributed by atoms with E-state index in [1.165, 1.54) is 4.68 Å². The van der Waals surface area contributed by atoms with Crippen LogP contribution in [0.5, 0.6) is 0 Å². The second-order valence-corrected chi connectivity index (χ2v) is 6.05. The number of aromatic carboxylic acids is 1. The largest absolute Gasteiger partial charge is 0.476 e. The van der Waals surface area contributed by atoms with Crippen molar-refractivity contribution in [3.63, 3.8) is 0 Å². The molecule has 0 spiro atoms. The number of aromatic nitrogens is 2. The van der Waals surface area contributed by atoms with Gasteiger partial charge in [0.15, 0.2) is 0 Å². The molecule has 0 aliphatic heterocycles. The van der Waals surface area contributed by atoms with Crippen LogP contribution in [0.25, 0.3) is 5.69 Å². The Morgan fingerprint density at radius 2 is 2.10 bits per heavy atom. The zero-order valence-corrected chi connectivity index (χ0v) is 13.6. The van der Waals surface area contributed by atoms with Crippen LogP contribution in [0.15, 0.2) is 33.7 Å². The molecular weight excluding hydrogens is 360 g/mol. The highest BCUT2D eigenvalue weighted by atomic mass is 79.9. The summed E-state index contributed by atoms with van der Waals surface area (Å²) in [4.78, 5) is 23.3. The van der Waals surface area contributed by atoms with Crippen LogP contribution >= 0.6 is 27.5 Å². The van der Waals surface area contributed by atoms with Crippen LogP contribution in [0, 0.1) is 0 Å². The number of carboxylic acid groups (broad SMARTS) is 1. The van der Waals surface area contributed by atoms with Gasteiger partial charge in [0.05, 0.1) is 5.69 Å². The fraction of sp³-hybridized carbons (Fsp3) is 0.214. The van der Waals surface area contributed by atoms with Crippen LogP contribution in [0.2, 0.25) is 5.02 Å². The minimum Gasteiger partial charge on any atom is -0.476 e. The van der Waals surface area contributed by atoms with Crippen molar-refractivity contribution in [3.05, 3.63) is 55.4 Å². The van der Waals surface area contributed by atoms with Crippen LogP contribution < -0.4 is 5.43 Å². The Bertz CT molecular complexity index is 771. The van der Waals surface area contributed by atoms with Crippen molar-refractivity contribution >= 4 is 33.5 Å². The summed E-state index contributed by atoms with van der Waals surface area (Å²) in [7, 11) is 0. The van der Waals surface area contributed by atoms with E-state index < -0.39 is 17.1 Å². The minimum atomic E-state index is -1.35. The van der Waals surface area contributed by atoms with Gasteiger partial charge >= 0.3 is 5.97 Å². The van der Waals surface area contributed by atoms with Crippen molar-refractivity contribution in [3.8, 4) is 5.69 Å². The first kappa shape index (κ1) is 15.7. The number of carbonyl (C=O) groups is 1. The number of carboxylic acids is 1. The summed E-state index contributed by atoms with van der Waals surface area (Å²) < 4.78 is 2.03. The summed E-state index contributed by atoms with van der Waals surface area (Å²) >= 11 is 9.24. The molecule has 2 aromatic rings. The second kappa shape index (κ2) is 5.99. The third-order valence-electron chi connectivity index (χ3n) is 2.93. The van der Waals surface area contributed by atoms with Crippen molar-refractivity contribution in [2.75, 3.05) is 0 Å². The zero-order valence-electron chi connectivity index (χ0n) is 11.3. The molecule has 1 N–H and O–H groups in total. The van der Waals surface area contributed by atoms with Gasteiger partial charge in [0.1, 0.15) is 0 Å². The van der Waals surface area contributed by atoms with Gasteiger partial charge in [-0.15, -0.1) is 0 Å². The monoisotopic (exact) mass is 370 g/mol. The lowest BCUT2D eigenvalue weighted by atomic mass is 10.0. The summed E-state index contributed by atoms with van der Waals surface area (Å²) in [5.74, 6) is -1.46. The van der Waals surface area contributed by atoms with Gasteiger partial charge in [0.25, 0.3) is 0 Å². The van der Waals surface area contributed by atoms with Crippen molar-refractivity contribution in [1.82, 2.24) is 9.78 Å². The van der Waals surface area contributed by atoms with Crippen molar-refractivity contribution in [1.29, 1.82) is 0 Å². The molecule has 1 aromatic heterocycles. The summed E-state index contributed by atoms with van der Waals surface area (Å²) in [6.45, 7) is 3.65. The fourth-order valence-electron chi connectivity index (χ4n) is 1.85. The summed E-state index contributed by atoms with van der Waals surface area (Å²) in [6, 6.07) is 5.03. The SMILES string of the molecule is CC(C)c1cn(-c2ccc(Cl)cc2Br)nc(C(=O)O)c1=O. The predicted molar refractivity (Wildman–Crippen MR) is 83.6 cm³/mol. The molecule has 110 valence electrons. The average molecular weight is 372 g/mol. The molecule has 21 heavy (non-hydrogen) atoms. The van der Waals surface area contributed by atoms with Gasteiger partial charge < -0.3 is 5.11 Å². The Kier molecular flexibility index (Phi) is 4.49. The lowest BCUT2D eigenvalue weighted by molar-refractivity contribution is 0.0686. The number of hydrogen-bond donors (Lipinski definition) is 1. The molecule has 0 radical (unpaired) electrons. The highest BCUT2D eigenvalue weighted by Crippen LogP contribution is 2.24. The van der Waals surface area contributed by atoms with E-state index in [-0.39, 0.29) is 5.92 Å². The lowest BCUT2D eigenvalue weighted by Crippen LogP contribution is -2.25. The van der Waals surface area contributed by atoms with E-state index in [0.29, 0.717) is 20.7 Å². The first-order valence-electron chi connectivity index (χ1n) is 6.14. The first-order chi connectivity index (χ1) is 9.81. The first-order valence-corrected chi connectivity index (χ1v) is 7.31. The minimum absolute atomic E-state index is 0.115. The lowest BCUT2D eigenvalue weighted by Gasteiger charge is -2.12. The van der Waals surface area contributed by atoms with Gasteiger partial charge in [-0.25, -0.2) is 9.48 Å². The molecule has 1 aromatic carbocycles. The molecule has 7 heteroatoms. The molecule has 0 fully saturated rings. The Morgan fingerprint density at radius 1 is 1.43 bits per heavy atom. The highest BCUT2D eigenvalue weighted by molar-refractivity contribution is 9.10. The predicted octanol–water partition coefficient (Wildman–Crippen LogP) is 3.47. The van der Waals surface area contributed by atoms with Gasteiger partial charge in [0.2, 0.25) is 11.1 Å². The molecule has 5 nitrogen and oxygen atoms in total. The fourth-order valence-corrected chi connectivity index (χ4v) is 2.72. The number of halogens is 2. The number of hydrogen-bond acceptors (Lipinski definition) is 3. The van der Waals surface area contributed by atoms with Crippen molar-refractivity contribution in [2.24, 2.45) is 0 Å². The van der Waals surface area contributed by atoms with Crippen LogP contribution in [0.1, 0.15) is 35.8 Å². The van der Waals surface area contributed by atoms with Crippen molar-refractivity contribution < 1.29 is 9.90 Å². The Morgan fingerprint density at radius 3 is 2.62 bits per heavy atom. The topological polar surface area (TPSA) is 72.2 Å². The van der Waals surface area contributed by atoms with E-state index in [1.807, 2.05) is 13.8 Å². The molecular formula is C14H12BrClN2O3. The molecule has 0 unspecified atom stereocenters. The zero-order chi connectivity index (χ0) is 15.7. The highest BCUT2D eigenvalue weighted by Gasteiger charge is 2.18. The smallest absolute Gasteiger partial charge is 0.360 e. The molecule has 2 rings (SSSR count). The summed E-state index contributed by atoms with van der Waals surface area (Å²) in [5, 5.41) is 13.6. The molecule has 0 amide bonds. The Hall–Kier alpha value is -1.66. The number of rotatable bonds is 3. The molecule has 0 saturated heterocycles. The van der Waals surface area contributed by atoms with Gasteiger partial charge in [-0.1, -0.05) is 25.4 Å². The van der Waals surface area contributed by atoms with Crippen LogP contribution in [-0.4, -0.2) is 20.9 Å². The van der Waals surface area contributed by atoms with E-state index in [4.69, 9.17) is 16.7 Å². The maximum Gasteiger partial charge on any atom is 0.360 e. The van der Waals surface area contributed by atoms with Crippen LogP contribution in [0.4, 0.5) is 0 Å². The quantitative estimate of drug-likeness (QED) is 0.896. The van der Waals surface area contributed by atoms with Gasteiger partial charge in [-0.05, 0) is 40.0 Å². The maximum absolute atomic E-state index is 12.1. The Balaban J connectivity index is 2.75. The molecule has 1 heterocycles. The molecule has 0 atom stereocenters. The van der Waals surface area contributed by atoms with Gasteiger partial charge in [0, 0.05) is 21.3 Å².